The van der Waals surface area contributed by atoms with Crippen molar-refractivity contribution >= 4 is 24.2 Å². The van der Waals surface area contributed by atoms with Gasteiger partial charge in [-0.1, -0.05) is 49.4 Å². The molecule has 4 N–H and O–H groups in total. The molecule has 2 aromatic rings. The van der Waals surface area contributed by atoms with Gasteiger partial charge in [0.1, 0.15) is 0 Å². The van der Waals surface area contributed by atoms with Crippen LogP contribution in [-0.2, 0) is 11.3 Å². The van der Waals surface area contributed by atoms with E-state index in [1.54, 1.807) is 12.1 Å². The van der Waals surface area contributed by atoms with Crippen LogP contribution in [0.2, 0.25) is 0 Å². The zero-order chi connectivity index (χ0) is 18.2. The quantitative estimate of drug-likeness (QED) is 0.695. The fourth-order valence-corrected chi connectivity index (χ4v) is 2.51. The Labute approximate surface area is 160 Å². The average molecular weight is 376 g/mol. The fourth-order valence-electron chi connectivity index (χ4n) is 2.51. The van der Waals surface area contributed by atoms with Crippen LogP contribution in [0.1, 0.15) is 41.4 Å². The molecule has 2 atom stereocenters. The molecular formula is C20H26ClN3O2. The Morgan fingerprint density at radius 3 is 2.19 bits per heavy atom. The van der Waals surface area contributed by atoms with Gasteiger partial charge in [-0.05, 0) is 30.2 Å². The minimum Gasteiger partial charge on any atom is -0.352 e. The van der Waals surface area contributed by atoms with Crippen molar-refractivity contribution in [2.24, 2.45) is 11.7 Å². The summed E-state index contributed by atoms with van der Waals surface area (Å²) in [5.41, 5.74) is 8.67. The summed E-state index contributed by atoms with van der Waals surface area (Å²) in [5, 5.41) is 5.66. The van der Waals surface area contributed by atoms with Crippen molar-refractivity contribution < 1.29 is 9.59 Å². The molecule has 2 amide bonds. The first-order valence-corrected chi connectivity index (χ1v) is 8.48. The molecule has 0 heterocycles. The standard InChI is InChI=1S/C20H25N3O2.ClH/c1-3-22-20(25)17-11-9-15(10-12-17)13-23-19(24)14(2)18(21)16-7-5-4-6-8-16;/h4-12,14,18H,3,13,21H2,1-2H3,(H,22,25)(H,23,24);1H. The van der Waals surface area contributed by atoms with E-state index in [0.29, 0.717) is 18.7 Å². The highest BCUT2D eigenvalue weighted by molar-refractivity contribution is 5.94. The Morgan fingerprint density at radius 1 is 1.00 bits per heavy atom. The molecule has 0 radical (unpaired) electrons. The van der Waals surface area contributed by atoms with Crippen LogP contribution >= 0.6 is 12.4 Å². The van der Waals surface area contributed by atoms with Crippen molar-refractivity contribution in [3.8, 4) is 0 Å². The van der Waals surface area contributed by atoms with Gasteiger partial charge in [-0.2, -0.15) is 0 Å². The van der Waals surface area contributed by atoms with Crippen LogP contribution in [0.25, 0.3) is 0 Å². The molecule has 26 heavy (non-hydrogen) atoms. The molecule has 0 aliphatic heterocycles. The first-order chi connectivity index (χ1) is 12.0. The highest BCUT2D eigenvalue weighted by Crippen LogP contribution is 2.19. The lowest BCUT2D eigenvalue weighted by Crippen LogP contribution is -2.35. The van der Waals surface area contributed by atoms with E-state index in [-0.39, 0.29) is 36.2 Å². The van der Waals surface area contributed by atoms with E-state index >= 15 is 0 Å². The molecule has 0 bridgehead atoms. The van der Waals surface area contributed by atoms with E-state index in [1.807, 2.05) is 56.3 Å². The lowest BCUT2D eigenvalue weighted by Gasteiger charge is -2.20. The number of amides is 2. The minimum atomic E-state index is -0.346. The lowest BCUT2D eigenvalue weighted by atomic mass is 9.94. The molecule has 6 heteroatoms. The van der Waals surface area contributed by atoms with Crippen molar-refractivity contribution in [1.82, 2.24) is 10.6 Å². The van der Waals surface area contributed by atoms with Crippen molar-refractivity contribution in [1.29, 1.82) is 0 Å². The molecule has 0 fully saturated rings. The lowest BCUT2D eigenvalue weighted by molar-refractivity contribution is -0.125. The summed E-state index contributed by atoms with van der Waals surface area (Å²) in [6, 6.07) is 16.4. The van der Waals surface area contributed by atoms with Crippen molar-refractivity contribution in [3.05, 3.63) is 71.3 Å². The largest absolute Gasteiger partial charge is 0.352 e. The Kier molecular flexibility index (Phi) is 8.82. The molecule has 2 aromatic carbocycles. The number of carbonyl (C=O) groups excluding carboxylic acids is 2. The molecule has 0 aliphatic rings. The predicted molar refractivity (Wildman–Crippen MR) is 106 cm³/mol. The fraction of sp³-hybridized carbons (Fsp3) is 0.300. The molecule has 0 saturated heterocycles. The third-order valence-electron chi connectivity index (χ3n) is 4.16. The monoisotopic (exact) mass is 375 g/mol. The number of benzene rings is 2. The Morgan fingerprint density at radius 2 is 1.62 bits per heavy atom. The normalized spacial score (nSPS) is 12.4. The van der Waals surface area contributed by atoms with E-state index in [1.165, 1.54) is 0 Å². The van der Waals surface area contributed by atoms with Crippen molar-refractivity contribution in [3.63, 3.8) is 0 Å². The van der Waals surface area contributed by atoms with Crippen LogP contribution in [0.3, 0.4) is 0 Å². The summed E-state index contributed by atoms with van der Waals surface area (Å²) in [6.07, 6.45) is 0. The van der Waals surface area contributed by atoms with E-state index < -0.39 is 0 Å². The van der Waals surface area contributed by atoms with Gasteiger partial charge in [-0.25, -0.2) is 0 Å². The number of carbonyl (C=O) groups is 2. The second kappa shape index (κ2) is 10.6. The van der Waals surface area contributed by atoms with E-state index in [2.05, 4.69) is 10.6 Å². The van der Waals surface area contributed by atoms with Gasteiger partial charge < -0.3 is 16.4 Å². The number of halogens is 1. The Hall–Kier alpha value is -2.37. The first-order valence-electron chi connectivity index (χ1n) is 8.48. The third-order valence-corrected chi connectivity index (χ3v) is 4.16. The summed E-state index contributed by atoms with van der Waals surface area (Å²) in [5.74, 6) is -0.526. The van der Waals surface area contributed by atoms with Crippen LogP contribution in [0, 0.1) is 5.92 Å². The molecule has 2 unspecified atom stereocenters. The molecular weight excluding hydrogens is 350 g/mol. The van der Waals surface area contributed by atoms with Gasteiger partial charge in [0.2, 0.25) is 5.91 Å². The molecule has 0 saturated carbocycles. The maximum atomic E-state index is 12.3. The average Bonchev–Trinajstić information content (AvgIpc) is 2.66. The van der Waals surface area contributed by atoms with Gasteiger partial charge in [-0.15, -0.1) is 12.4 Å². The third kappa shape index (κ3) is 5.86. The zero-order valence-corrected chi connectivity index (χ0v) is 15.9. The number of hydrogen-bond donors (Lipinski definition) is 3. The summed E-state index contributed by atoms with van der Waals surface area (Å²) < 4.78 is 0. The summed E-state index contributed by atoms with van der Waals surface area (Å²) in [7, 11) is 0. The van der Waals surface area contributed by atoms with Gasteiger partial charge in [0.25, 0.3) is 5.91 Å². The van der Waals surface area contributed by atoms with Crippen LogP contribution in [-0.4, -0.2) is 18.4 Å². The first kappa shape index (κ1) is 21.7. The maximum absolute atomic E-state index is 12.3. The molecule has 0 spiro atoms. The smallest absolute Gasteiger partial charge is 0.251 e. The highest BCUT2D eigenvalue weighted by Gasteiger charge is 2.21. The number of nitrogens with two attached hydrogens (primary N) is 1. The summed E-state index contributed by atoms with van der Waals surface area (Å²) in [6.45, 7) is 4.70. The van der Waals surface area contributed by atoms with Crippen molar-refractivity contribution in [2.75, 3.05) is 6.54 Å². The zero-order valence-electron chi connectivity index (χ0n) is 15.1. The highest BCUT2D eigenvalue weighted by atomic mass is 35.5. The number of nitrogens with one attached hydrogen (secondary N) is 2. The second-order valence-electron chi connectivity index (χ2n) is 6.00. The van der Waals surface area contributed by atoms with E-state index in [9.17, 15) is 9.59 Å². The molecule has 0 aromatic heterocycles. The molecule has 0 aliphatic carbocycles. The summed E-state index contributed by atoms with van der Waals surface area (Å²) in [4.78, 5) is 24.1. The van der Waals surface area contributed by atoms with Crippen LogP contribution in [0.15, 0.2) is 54.6 Å². The van der Waals surface area contributed by atoms with E-state index in [4.69, 9.17) is 5.73 Å². The Bertz CT molecular complexity index is 705. The molecule has 2 rings (SSSR count). The van der Waals surface area contributed by atoms with Crippen molar-refractivity contribution in [2.45, 2.75) is 26.4 Å². The SMILES string of the molecule is CCNC(=O)c1ccc(CNC(=O)C(C)C(N)c2ccccc2)cc1.Cl. The second-order valence-corrected chi connectivity index (χ2v) is 6.00. The van der Waals surface area contributed by atoms with Gasteiger partial charge in [0.05, 0.1) is 5.92 Å². The maximum Gasteiger partial charge on any atom is 0.251 e. The van der Waals surface area contributed by atoms with Gasteiger partial charge in [0.15, 0.2) is 0 Å². The Balaban J connectivity index is 0.00000338. The van der Waals surface area contributed by atoms with Gasteiger partial charge >= 0.3 is 0 Å². The predicted octanol–water partition coefficient (Wildman–Crippen LogP) is 2.81. The van der Waals surface area contributed by atoms with E-state index in [0.717, 1.165) is 11.1 Å². The summed E-state index contributed by atoms with van der Waals surface area (Å²) >= 11 is 0. The number of hydrogen-bond acceptors (Lipinski definition) is 3. The van der Waals surface area contributed by atoms with Gasteiger partial charge in [0, 0.05) is 24.7 Å². The molecule has 5 nitrogen and oxygen atoms in total. The van der Waals surface area contributed by atoms with Crippen LogP contribution in [0.5, 0.6) is 0 Å². The molecule has 140 valence electrons. The minimum absolute atomic E-state index is 0. The van der Waals surface area contributed by atoms with Crippen LogP contribution < -0.4 is 16.4 Å². The number of rotatable bonds is 7. The topological polar surface area (TPSA) is 84.2 Å². The van der Waals surface area contributed by atoms with Crippen LogP contribution in [0.4, 0.5) is 0 Å². The van der Waals surface area contributed by atoms with Gasteiger partial charge in [-0.3, -0.25) is 9.59 Å².